The van der Waals surface area contributed by atoms with Crippen LogP contribution in [0.25, 0.3) is 0 Å². The van der Waals surface area contributed by atoms with Crippen LogP contribution in [0.2, 0.25) is 0 Å². The highest BCUT2D eigenvalue weighted by Gasteiger charge is 2.18. The largest absolute Gasteiger partial charge is 0.393 e. The summed E-state index contributed by atoms with van der Waals surface area (Å²) in [5.41, 5.74) is 1.28. The average Bonchev–Trinajstić information content (AvgIpc) is 2.51. The minimum absolute atomic E-state index is 0.128. The summed E-state index contributed by atoms with van der Waals surface area (Å²) in [6, 6.07) is 0. The maximum Gasteiger partial charge on any atom is 0.0932 e. The maximum absolute atomic E-state index is 9.43. The molecule has 0 spiro atoms. The first-order valence-corrected chi connectivity index (χ1v) is 6.31. The van der Waals surface area contributed by atoms with Crippen molar-refractivity contribution in [3.8, 4) is 0 Å². The van der Waals surface area contributed by atoms with Gasteiger partial charge in [0.2, 0.25) is 0 Å². The highest BCUT2D eigenvalue weighted by Crippen LogP contribution is 2.25. The van der Waals surface area contributed by atoms with E-state index in [1.165, 1.54) is 0 Å². The Morgan fingerprint density at radius 1 is 1.40 bits per heavy atom. The maximum atomic E-state index is 9.43. The SMILES string of the molecule is CC(O)C(C)Cc1nc(C(C)(C)C)cs1. The molecule has 0 aliphatic rings. The monoisotopic (exact) mass is 227 g/mol. The third-order valence-electron chi connectivity index (χ3n) is 2.64. The number of aromatic nitrogens is 1. The molecule has 0 aliphatic heterocycles. The van der Waals surface area contributed by atoms with E-state index in [1.54, 1.807) is 11.3 Å². The highest BCUT2D eigenvalue weighted by atomic mass is 32.1. The van der Waals surface area contributed by atoms with Gasteiger partial charge in [0.25, 0.3) is 0 Å². The summed E-state index contributed by atoms with van der Waals surface area (Å²) in [5, 5.41) is 12.7. The van der Waals surface area contributed by atoms with Crippen LogP contribution in [-0.2, 0) is 11.8 Å². The molecule has 0 radical (unpaired) electrons. The van der Waals surface area contributed by atoms with Crippen LogP contribution >= 0.6 is 11.3 Å². The van der Waals surface area contributed by atoms with Gasteiger partial charge in [0.1, 0.15) is 0 Å². The van der Waals surface area contributed by atoms with Crippen molar-refractivity contribution in [2.75, 3.05) is 0 Å². The fraction of sp³-hybridized carbons (Fsp3) is 0.750. The zero-order chi connectivity index (χ0) is 11.6. The number of nitrogens with zero attached hydrogens (tertiary/aromatic N) is 1. The van der Waals surface area contributed by atoms with Crippen molar-refractivity contribution in [1.29, 1.82) is 0 Å². The van der Waals surface area contributed by atoms with Crippen LogP contribution in [-0.4, -0.2) is 16.2 Å². The molecule has 1 heterocycles. The summed E-state index contributed by atoms with van der Waals surface area (Å²) in [7, 11) is 0. The van der Waals surface area contributed by atoms with Gasteiger partial charge in [0.05, 0.1) is 16.8 Å². The topological polar surface area (TPSA) is 33.1 Å². The van der Waals surface area contributed by atoms with Gasteiger partial charge in [0.15, 0.2) is 0 Å². The Morgan fingerprint density at radius 3 is 2.40 bits per heavy atom. The van der Waals surface area contributed by atoms with E-state index >= 15 is 0 Å². The van der Waals surface area contributed by atoms with Crippen molar-refractivity contribution in [2.24, 2.45) is 5.92 Å². The van der Waals surface area contributed by atoms with Crippen LogP contribution in [0.1, 0.15) is 45.3 Å². The molecule has 2 nitrogen and oxygen atoms in total. The highest BCUT2D eigenvalue weighted by molar-refractivity contribution is 7.09. The summed E-state index contributed by atoms with van der Waals surface area (Å²) in [6.45, 7) is 10.4. The Balaban J connectivity index is 2.69. The lowest BCUT2D eigenvalue weighted by atomic mass is 9.93. The second-order valence-electron chi connectivity index (χ2n) is 5.30. The quantitative estimate of drug-likeness (QED) is 0.861. The molecule has 3 heteroatoms. The Kier molecular flexibility index (Phi) is 3.90. The normalized spacial score (nSPS) is 16.4. The molecule has 0 bridgehead atoms. The predicted octanol–water partition coefficient (Wildman–Crippen LogP) is 3.00. The fourth-order valence-electron chi connectivity index (χ4n) is 1.20. The molecule has 0 aliphatic carbocycles. The number of thiazole rings is 1. The lowest BCUT2D eigenvalue weighted by Gasteiger charge is -2.15. The van der Waals surface area contributed by atoms with Crippen LogP contribution in [0.3, 0.4) is 0 Å². The molecule has 15 heavy (non-hydrogen) atoms. The van der Waals surface area contributed by atoms with Gasteiger partial charge in [-0.25, -0.2) is 4.98 Å². The molecule has 2 atom stereocenters. The predicted molar refractivity (Wildman–Crippen MR) is 65.4 cm³/mol. The van der Waals surface area contributed by atoms with E-state index in [0.717, 1.165) is 17.1 Å². The van der Waals surface area contributed by atoms with Gasteiger partial charge in [-0.15, -0.1) is 11.3 Å². The number of aliphatic hydroxyl groups is 1. The molecule has 1 rings (SSSR count). The Bertz CT molecular complexity index is 312. The molecule has 0 amide bonds. The third kappa shape index (κ3) is 3.58. The molecule has 0 fully saturated rings. The molecule has 2 unspecified atom stereocenters. The van der Waals surface area contributed by atoms with Crippen LogP contribution in [0, 0.1) is 5.92 Å². The minimum Gasteiger partial charge on any atom is -0.393 e. The molecule has 1 N–H and O–H groups in total. The van der Waals surface area contributed by atoms with E-state index in [2.05, 4.69) is 38.1 Å². The second kappa shape index (κ2) is 4.62. The minimum atomic E-state index is -0.257. The second-order valence-corrected chi connectivity index (χ2v) is 6.24. The summed E-state index contributed by atoms with van der Waals surface area (Å²) >= 11 is 1.70. The van der Waals surface area contributed by atoms with Gasteiger partial charge in [-0.3, -0.25) is 0 Å². The van der Waals surface area contributed by atoms with Crippen LogP contribution in [0.15, 0.2) is 5.38 Å². The lowest BCUT2D eigenvalue weighted by molar-refractivity contribution is 0.135. The zero-order valence-electron chi connectivity index (χ0n) is 10.2. The van der Waals surface area contributed by atoms with Crippen LogP contribution in [0.5, 0.6) is 0 Å². The first-order valence-electron chi connectivity index (χ1n) is 5.43. The number of aliphatic hydroxyl groups excluding tert-OH is 1. The van der Waals surface area contributed by atoms with Crippen LogP contribution in [0.4, 0.5) is 0 Å². The van der Waals surface area contributed by atoms with Crippen molar-refractivity contribution in [3.05, 3.63) is 16.1 Å². The number of rotatable bonds is 3. The van der Waals surface area contributed by atoms with E-state index < -0.39 is 0 Å². The zero-order valence-corrected chi connectivity index (χ0v) is 11.1. The van der Waals surface area contributed by atoms with E-state index in [1.807, 2.05) is 6.92 Å². The Hall–Kier alpha value is -0.410. The molecule has 1 aromatic rings. The Morgan fingerprint density at radius 2 is 2.00 bits per heavy atom. The average molecular weight is 227 g/mol. The molecule has 86 valence electrons. The molecular formula is C12H21NOS. The number of hydrogen-bond acceptors (Lipinski definition) is 3. The first kappa shape index (κ1) is 12.7. The van der Waals surface area contributed by atoms with Gasteiger partial charge in [-0.1, -0.05) is 27.7 Å². The van der Waals surface area contributed by atoms with E-state index in [4.69, 9.17) is 0 Å². The van der Waals surface area contributed by atoms with Gasteiger partial charge in [-0.2, -0.15) is 0 Å². The Labute approximate surface area is 96.4 Å². The van der Waals surface area contributed by atoms with Crippen LogP contribution < -0.4 is 0 Å². The van der Waals surface area contributed by atoms with E-state index in [9.17, 15) is 5.11 Å². The molecular weight excluding hydrogens is 206 g/mol. The van der Waals surface area contributed by atoms with Crippen molar-refractivity contribution >= 4 is 11.3 Å². The smallest absolute Gasteiger partial charge is 0.0932 e. The molecule has 0 aromatic carbocycles. The van der Waals surface area contributed by atoms with Gasteiger partial charge < -0.3 is 5.11 Å². The van der Waals surface area contributed by atoms with Crippen molar-refractivity contribution < 1.29 is 5.11 Å². The summed E-state index contributed by atoms with van der Waals surface area (Å²) in [4.78, 5) is 4.61. The van der Waals surface area contributed by atoms with Gasteiger partial charge in [-0.05, 0) is 12.8 Å². The molecule has 0 saturated carbocycles. The molecule has 1 aromatic heterocycles. The summed E-state index contributed by atoms with van der Waals surface area (Å²) in [5.74, 6) is 0.281. The third-order valence-corrected chi connectivity index (χ3v) is 3.51. The standard InChI is InChI=1S/C12H21NOS/c1-8(9(2)14)6-11-13-10(7-15-11)12(3,4)5/h7-9,14H,6H2,1-5H3. The van der Waals surface area contributed by atoms with Crippen molar-refractivity contribution in [3.63, 3.8) is 0 Å². The van der Waals surface area contributed by atoms with Crippen molar-refractivity contribution in [1.82, 2.24) is 4.98 Å². The number of hydrogen-bond donors (Lipinski definition) is 1. The first-order chi connectivity index (χ1) is 6.80. The summed E-state index contributed by atoms with van der Waals surface area (Å²) in [6.07, 6.45) is 0.616. The van der Waals surface area contributed by atoms with E-state index in [-0.39, 0.29) is 17.4 Å². The molecule has 0 saturated heterocycles. The van der Waals surface area contributed by atoms with E-state index in [0.29, 0.717) is 0 Å². The van der Waals surface area contributed by atoms with Gasteiger partial charge >= 0.3 is 0 Å². The summed E-state index contributed by atoms with van der Waals surface area (Å²) < 4.78 is 0. The fourth-order valence-corrected chi connectivity index (χ4v) is 2.36. The lowest BCUT2D eigenvalue weighted by Crippen LogP contribution is -2.16. The van der Waals surface area contributed by atoms with Gasteiger partial charge in [0, 0.05) is 17.2 Å². The van der Waals surface area contributed by atoms with Crippen molar-refractivity contribution in [2.45, 2.75) is 52.6 Å².